The first-order valence-electron chi connectivity index (χ1n) is 5.57. The number of carbonyl (C=O) groups is 1. The SMILES string of the molecule is CC[C@@H](N)C(=O)N(C)c1ccc(C)cc1C. The van der Waals surface area contributed by atoms with Crippen molar-refractivity contribution in [2.24, 2.45) is 5.73 Å². The fourth-order valence-electron chi connectivity index (χ4n) is 1.72. The molecule has 1 atom stereocenters. The molecule has 0 heterocycles. The monoisotopic (exact) mass is 220 g/mol. The van der Waals surface area contributed by atoms with Crippen molar-refractivity contribution < 1.29 is 4.79 Å². The molecule has 0 aliphatic rings. The highest BCUT2D eigenvalue weighted by molar-refractivity contribution is 5.97. The van der Waals surface area contributed by atoms with Gasteiger partial charge in [-0.2, -0.15) is 0 Å². The van der Waals surface area contributed by atoms with Crippen molar-refractivity contribution in [3.8, 4) is 0 Å². The third-order valence-electron chi connectivity index (χ3n) is 2.80. The first-order valence-corrected chi connectivity index (χ1v) is 5.57. The number of hydrogen-bond acceptors (Lipinski definition) is 2. The van der Waals surface area contributed by atoms with Crippen molar-refractivity contribution in [2.75, 3.05) is 11.9 Å². The molecule has 0 aromatic heterocycles. The second kappa shape index (κ2) is 5.12. The quantitative estimate of drug-likeness (QED) is 0.847. The molecule has 0 radical (unpaired) electrons. The molecule has 0 aliphatic carbocycles. The lowest BCUT2D eigenvalue weighted by Crippen LogP contribution is -2.41. The molecule has 1 amide bonds. The van der Waals surface area contributed by atoms with Gasteiger partial charge in [0.2, 0.25) is 5.91 Å². The van der Waals surface area contributed by atoms with E-state index in [-0.39, 0.29) is 5.91 Å². The number of aryl methyl sites for hydroxylation is 2. The Kier molecular flexibility index (Phi) is 4.07. The van der Waals surface area contributed by atoms with E-state index in [2.05, 4.69) is 6.07 Å². The Balaban J connectivity index is 2.96. The third-order valence-corrected chi connectivity index (χ3v) is 2.80. The number of likely N-dealkylation sites (N-methyl/N-ethyl adjacent to an activating group) is 1. The maximum Gasteiger partial charge on any atom is 0.243 e. The number of amides is 1. The van der Waals surface area contributed by atoms with Gasteiger partial charge >= 0.3 is 0 Å². The van der Waals surface area contributed by atoms with E-state index >= 15 is 0 Å². The normalized spacial score (nSPS) is 12.3. The molecule has 16 heavy (non-hydrogen) atoms. The summed E-state index contributed by atoms with van der Waals surface area (Å²) >= 11 is 0. The molecule has 0 fully saturated rings. The van der Waals surface area contributed by atoms with Crippen LogP contribution in [0.5, 0.6) is 0 Å². The Hall–Kier alpha value is -1.35. The van der Waals surface area contributed by atoms with Crippen LogP contribution in [0.25, 0.3) is 0 Å². The predicted molar refractivity (Wildman–Crippen MR) is 67.6 cm³/mol. The lowest BCUT2D eigenvalue weighted by atomic mass is 10.1. The fourth-order valence-corrected chi connectivity index (χ4v) is 1.72. The average Bonchev–Trinajstić information content (AvgIpc) is 2.26. The number of nitrogens with zero attached hydrogens (tertiary/aromatic N) is 1. The van der Waals surface area contributed by atoms with Crippen LogP contribution in [0.1, 0.15) is 24.5 Å². The van der Waals surface area contributed by atoms with E-state index in [1.54, 1.807) is 11.9 Å². The van der Waals surface area contributed by atoms with Gasteiger partial charge < -0.3 is 10.6 Å². The Bertz CT molecular complexity index is 388. The first-order chi connectivity index (χ1) is 7.47. The van der Waals surface area contributed by atoms with Crippen LogP contribution in [-0.2, 0) is 4.79 Å². The minimum absolute atomic E-state index is 0.0329. The molecule has 1 rings (SSSR count). The van der Waals surface area contributed by atoms with Crippen LogP contribution < -0.4 is 10.6 Å². The highest BCUT2D eigenvalue weighted by Gasteiger charge is 2.18. The van der Waals surface area contributed by atoms with Gasteiger partial charge in [-0.25, -0.2) is 0 Å². The van der Waals surface area contributed by atoms with Gasteiger partial charge in [-0.1, -0.05) is 24.6 Å². The lowest BCUT2D eigenvalue weighted by molar-refractivity contribution is -0.119. The molecule has 0 saturated heterocycles. The molecule has 0 spiro atoms. The van der Waals surface area contributed by atoms with Crippen LogP contribution in [0, 0.1) is 13.8 Å². The Labute approximate surface area is 97.2 Å². The molecule has 0 unspecified atom stereocenters. The second-order valence-electron chi connectivity index (χ2n) is 4.20. The van der Waals surface area contributed by atoms with Crippen molar-refractivity contribution >= 4 is 11.6 Å². The van der Waals surface area contributed by atoms with Gasteiger partial charge in [0.05, 0.1) is 6.04 Å². The smallest absolute Gasteiger partial charge is 0.243 e. The highest BCUT2D eigenvalue weighted by atomic mass is 16.2. The zero-order chi connectivity index (χ0) is 12.3. The van der Waals surface area contributed by atoms with Gasteiger partial charge in [0.1, 0.15) is 0 Å². The summed E-state index contributed by atoms with van der Waals surface area (Å²) in [4.78, 5) is 13.6. The van der Waals surface area contributed by atoms with E-state index in [9.17, 15) is 4.79 Å². The summed E-state index contributed by atoms with van der Waals surface area (Å²) in [6.45, 7) is 5.96. The first kappa shape index (κ1) is 12.7. The van der Waals surface area contributed by atoms with E-state index in [4.69, 9.17) is 5.73 Å². The molecule has 88 valence electrons. The average molecular weight is 220 g/mol. The maximum atomic E-state index is 11.9. The molecule has 1 aromatic rings. The minimum atomic E-state index is -0.411. The topological polar surface area (TPSA) is 46.3 Å². The molecule has 3 heteroatoms. The Morgan fingerprint density at radius 2 is 2.06 bits per heavy atom. The molecule has 3 nitrogen and oxygen atoms in total. The molecule has 2 N–H and O–H groups in total. The van der Waals surface area contributed by atoms with E-state index in [0.717, 1.165) is 11.3 Å². The van der Waals surface area contributed by atoms with Crippen LogP contribution in [0.3, 0.4) is 0 Å². The predicted octanol–water partition coefficient (Wildman–Crippen LogP) is 2.00. The number of nitrogens with two attached hydrogens (primary N) is 1. The second-order valence-corrected chi connectivity index (χ2v) is 4.20. The van der Waals surface area contributed by atoms with Gasteiger partial charge in [0.25, 0.3) is 0 Å². The molecular formula is C13H20N2O. The number of anilines is 1. The Morgan fingerprint density at radius 3 is 2.56 bits per heavy atom. The zero-order valence-electron chi connectivity index (χ0n) is 10.4. The van der Waals surface area contributed by atoms with Crippen LogP contribution in [0.4, 0.5) is 5.69 Å². The van der Waals surface area contributed by atoms with E-state index < -0.39 is 6.04 Å². The largest absolute Gasteiger partial charge is 0.320 e. The summed E-state index contributed by atoms with van der Waals surface area (Å²) in [5, 5.41) is 0. The zero-order valence-corrected chi connectivity index (χ0v) is 10.4. The summed E-state index contributed by atoms with van der Waals surface area (Å²) in [7, 11) is 1.77. The van der Waals surface area contributed by atoms with Crippen LogP contribution in [0.15, 0.2) is 18.2 Å². The summed E-state index contributed by atoms with van der Waals surface area (Å²) in [6.07, 6.45) is 0.661. The molecule has 0 bridgehead atoms. The van der Waals surface area contributed by atoms with Crippen molar-refractivity contribution in [2.45, 2.75) is 33.2 Å². The number of rotatable bonds is 3. The third kappa shape index (κ3) is 2.61. The molecule has 0 saturated carbocycles. The van der Waals surface area contributed by atoms with Gasteiger partial charge in [-0.15, -0.1) is 0 Å². The van der Waals surface area contributed by atoms with Gasteiger partial charge in [-0.05, 0) is 31.9 Å². The number of benzene rings is 1. The molecule has 0 aliphatic heterocycles. The van der Waals surface area contributed by atoms with Crippen LogP contribution in [0.2, 0.25) is 0 Å². The molecular weight excluding hydrogens is 200 g/mol. The minimum Gasteiger partial charge on any atom is -0.320 e. The number of carbonyl (C=O) groups excluding carboxylic acids is 1. The van der Waals surface area contributed by atoms with Gasteiger partial charge in [0, 0.05) is 12.7 Å². The van der Waals surface area contributed by atoms with Crippen molar-refractivity contribution in [1.29, 1.82) is 0 Å². The molecule has 1 aromatic carbocycles. The fraction of sp³-hybridized carbons (Fsp3) is 0.462. The summed E-state index contributed by atoms with van der Waals surface area (Å²) in [6, 6.07) is 5.62. The lowest BCUT2D eigenvalue weighted by Gasteiger charge is -2.22. The summed E-state index contributed by atoms with van der Waals surface area (Å²) in [5.41, 5.74) is 8.97. The van der Waals surface area contributed by atoms with E-state index in [1.807, 2.05) is 32.9 Å². The highest BCUT2D eigenvalue weighted by Crippen LogP contribution is 2.20. The summed E-state index contributed by atoms with van der Waals surface area (Å²) < 4.78 is 0. The summed E-state index contributed by atoms with van der Waals surface area (Å²) in [5.74, 6) is -0.0329. The van der Waals surface area contributed by atoms with Crippen molar-refractivity contribution in [3.05, 3.63) is 29.3 Å². The van der Waals surface area contributed by atoms with Crippen molar-refractivity contribution in [3.63, 3.8) is 0 Å². The van der Waals surface area contributed by atoms with Gasteiger partial charge in [0.15, 0.2) is 0 Å². The van der Waals surface area contributed by atoms with Gasteiger partial charge in [-0.3, -0.25) is 4.79 Å². The number of hydrogen-bond donors (Lipinski definition) is 1. The Morgan fingerprint density at radius 1 is 1.44 bits per heavy atom. The van der Waals surface area contributed by atoms with Crippen LogP contribution >= 0.6 is 0 Å². The van der Waals surface area contributed by atoms with E-state index in [0.29, 0.717) is 6.42 Å². The maximum absolute atomic E-state index is 11.9. The van der Waals surface area contributed by atoms with Crippen LogP contribution in [-0.4, -0.2) is 19.0 Å². The standard InChI is InChI=1S/C13H20N2O/c1-5-11(14)13(16)15(4)12-7-6-9(2)8-10(12)3/h6-8,11H,5,14H2,1-4H3/t11-/m1/s1. The van der Waals surface area contributed by atoms with Crippen molar-refractivity contribution in [1.82, 2.24) is 0 Å². The van der Waals surface area contributed by atoms with E-state index in [1.165, 1.54) is 5.56 Å².